The van der Waals surface area contributed by atoms with Gasteiger partial charge in [-0.15, -0.1) is 0 Å². The van der Waals surface area contributed by atoms with Crippen LogP contribution in [0, 0.1) is 0 Å². The molecule has 2 N–H and O–H groups in total. The van der Waals surface area contributed by atoms with Crippen LogP contribution < -0.4 is 0 Å². The maximum absolute atomic E-state index is 10.8. The smallest absolute Gasteiger partial charge is 0.304 e. The number of para-hydroxylation sites is 1. The van der Waals surface area contributed by atoms with Gasteiger partial charge in [0.05, 0.1) is 6.42 Å². The molecule has 104 valence electrons. The van der Waals surface area contributed by atoms with E-state index in [0.717, 1.165) is 24.8 Å². The van der Waals surface area contributed by atoms with Gasteiger partial charge in [0.2, 0.25) is 0 Å². The second-order valence-electron chi connectivity index (χ2n) is 5.10. The molecule has 0 saturated heterocycles. The third-order valence-electron chi connectivity index (χ3n) is 3.68. The highest BCUT2D eigenvalue weighted by Crippen LogP contribution is 2.38. The molecule has 1 unspecified atom stereocenters. The third kappa shape index (κ3) is 3.47. The number of benzene rings is 1. The standard InChI is InChI=1S/C15H21NO3/c1-2-13(12-5-3-4-6-14(12)17)16(11-7-8-11)10-9-15(18)19/h3-6,11,13,17H,2,7-10H2,1H3,(H,18,19). The molecule has 1 aliphatic rings. The lowest BCUT2D eigenvalue weighted by Crippen LogP contribution is -2.32. The molecule has 19 heavy (non-hydrogen) atoms. The van der Waals surface area contributed by atoms with Gasteiger partial charge in [-0.2, -0.15) is 0 Å². The number of aromatic hydroxyl groups is 1. The lowest BCUT2D eigenvalue weighted by molar-refractivity contribution is -0.137. The minimum atomic E-state index is -0.766. The second kappa shape index (κ2) is 6.06. The van der Waals surface area contributed by atoms with Crippen molar-refractivity contribution in [3.8, 4) is 5.75 Å². The molecule has 2 rings (SSSR count). The summed E-state index contributed by atoms with van der Waals surface area (Å²) >= 11 is 0. The molecular weight excluding hydrogens is 242 g/mol. The Morgan fingerprint density at radius 2 is 2.11 bits per heavy atom. The van der Waals surface area contributed by atoms with E-state index in [9.17, 15) is 9.90 Å². The van der Waals surface area contributed by atoms with Gasteiger partial charge in [0.25, 0.3) is 0 Å². The van der Waals surface area contributed by atoms with Crippen molar-refractivity contribution < 1.29 is 15.0 Å². The van der Waals surface area contributed by atoms with E-state index in [4.69, 9.17) is 5.11 Å². The van der Waals surface area contributed by atoms with Gasteiger partial charge in [-0.3, -0.25) is 9.69 Å². The summed E-state index contributed by atoms with van der Waals surface area (Å²) in [6.45, 7) is 2.63. The molecule has 0 bridgehead atoms. The SMILES string of the molecule is CCC(c1ccccc1O)N(CCC(=O)O)C1CC1. The highest BCUT2D eigenvalue weighted by Gasteiger charge is 2.34. The van der Waals surface area contributed by atoms with Gasteiger partial charge in [0, 0.05) is 24.2 Å². The maximum atomic E-state index is 10.8. The van der Waals surface area contributed by atoms with E-state index in [0.29, 0.717) is 18.3 Å². The van der Waals surface area contributed by atoms with Gasteiger partial charge in [-0.25, -0.2) is 0 Å². The number of hydrogen-bond acceptors (Lipinski definition) is 3. The number of rotatable bonds is 7. The monoisotopic (exact) mass is 263 g/mol. The van der Waals surface area contributed by atoms with Crippen molar-refractivity contribution in [2.45, 2.75) is 44.7 Å². The van der Waals surface area contributed by atoms with Crippen molar-refractivity contribution in [2.24, 2.45) is 0 Å². The number of hydrogen-bond donors (Lipinski definition) is 2. The van der Waals surface area contributed by atoms with Crippen LogP contribution in [0.15, 0.2) is 24.3 Å². The molecule has 4 nitrogen and oxygen atoms in total. The molecule has 0 amide bonds. The summed E-state index contributed by atoms with van der Waals surface area (Å²) in [7, 11) is 0. The lowest BCUT2D eigenvalue weighted by atomic mass is 10.0. The molecule has 0 heterocycles. The van der Waals surface area contributed by atoms with Crippen LogP contribution in [-0.2, 0) is 4.79 Å². The molecule has 4 heteroatoms. The Labute approximate surface area is 113 Å². The Morgan fingerprint density at radius 1 is 1.42 bits per heavy atom. The van der Waals surface area contributed by atoms with E-state index < -0.39 is 5.97 Å². The predicted octanol–water partition coefficient (Wildman–Crippen LogP) is 2.78. The van der Waals surface area contributed by atoms with Crippen LogP contribution in [0.25, 0.3) is 0 Å². The zero-order valence-corrected chi connectivity index (χ0v) is 11.2. The Bertz CT molecular complexity index is 443. The van der Waals surface area contributed by atoms with Crippen molar-refractivity contribution in [2.75, 3.05) is 6.54 Å². The number of carbonyl (C=O) groups is 1. The van der Waals surface area contributed by atoms with E-state index >= 15 is 0 Å². The Kier molecular flexibility index (Phi) is 4.43. The van der Waals surface area contributed by atoms with Gasteiger partial charge in [0.15, 0.2) is 0 Å². The highest BCUT2D eigenvalue weighted by atomic mass is 16.4. The maximum Gasteiger partial charge on any atom is 0.304 e. The predicted molar refractivity (Wildman–Crippen MR) is 73.1 cm³/mol. The van der Waals surface area contributed by atoms with Crippen LogP contribution in [0.4, 0.5) is 0 Å². The average molecular weight is 263 g/mol. The van der Waals surface area contributed by atoms with Crippen LogP contribution in [0.1, 0.15) is 44.2 Å². The summed E-state index contributed by atoms with van der Waals surface area (Å²) < 4.78 is 0. The molecule has 1 atom stereocenters. The van der Waals surface area contributed by atoms with E-state index in [1.165, 1.54) is 0 Å². The molecule has 1 aromatic carbocycles. The third-order valence-corrected chi connectivity index (χ3v) is 3.68. The molecular formula is C15H21NO3. The first-order chi connectivity index (χ1) is 9.13. The fourth-order valence-electron chi connectivity index (χ4n) is 2.63. The average Bonchev–Trinajstić information content (AvgIpc) is 3.20. The van der Waals surface area contributed by atoms with Crippen LogP contribution in [-0.4, -0.2) is 33.7 Å². The van der Waals surface area contributed by atoms with E-state index in [1.807, 2.05) is 18.2 Å². The molecule has 0 aromatic heterocycles. The van der Waals surface area contributed by atoms with Crippen LogP contribution in [0.2, 0.25) is 0 Å². The van der Waals surface area contributed by atoms with Crippen LogP contribution in [0.5, 0.6) is 5.75 Å². The zero-order chi connectivity index (χ0) is 13.8. The molecule has 1 aliphatic carbocycles. The topological polar surface area (TPSA) is 60.8 Å². The second-order valence-corrected chi connectivity index (χ2v) is 5.10. The van der Waals surface area contributed by atoms with E-state index in [-0.39, 0.29) is 12.5 Å². The molecule has 1 fully saturated rings. The molecule has 0 radical (unpaired) electrons. The molecule has 0 aliphatic heterocycles. The van der Waals surface area contributed by atoms with Crippen molar-refractivity contribution >= 4 is 5.97 Å². The first-order valence-electron chi connectivity index (χ1n) is 6.89. The van der Waals surface area contributed by atoms with Gasteiger partial charge in [-0.05, 0) is 25.3 Å². The fourth-order valence-corrected chi connectivity index (χ4v) is 2.63. The van der Waals surface area contributed by atoms with Gasteiger partial charge >= 0.3 is 5.97 Å². The summed E-state index contributed by atoms with van der Waals surface area (Å²) in [5, 5.41) is 18.9. The molecule has 0 spiro atoms. The van der Waals surface area contributed by atoms with Crippen molar-refractivity contribution in [3.05, 3.63) is 29.8 Å². The Balaban J connectivity index is 2.17. The summed E-state index contributed by atoms with van der Waals surface area (Å²) in [6.07, 6.45) is 3.28. The highest BCUT2D eigenvalue weighted by molar-refractivity contribution is 5.66. The van der Waals surface area contributed by atoms with Crippen molar-refractivity contribution in [3.63, 3.8) is 0 Å². The number of carboxylic acid groups (broad SMARTS) is 1. The number of nitrogens with zero attached hydrogens (tertiary/aromatic N) is 1. The zero-order valence-electron chi connectivity index (χ0n) is 11.2. The molecule has 1 saturated carbocycles. The number of phenols is 1. The molecule has 1 aromatic rings. The van der Waals surface area contributed by atoms with Crippen molar-refractivity contribution in [1.29, 1.82) is 0 Å². The first kappa shape index (κ1) is 13.9. The number of phenolic OH excluding ortho intramolecular Hbond substituents is 1. The normalized spacial score (nSPS) is 16.5. The minimum absolute atomic E-state index is 0.105. The summed E-state index contributed by atoms with van der Waals surface area (Å²) in [5.41, 5.74) is 0.905. The van der Waals surface area contributed by atoms with Gasteiger partial charge in [-0.1, -0.05) is 25.1 Å². The Morgan fingerprint density at radius 3 is 2.63 bits per heavy atom. The number of carboxylic acids is 1. The van der Waals surface area contributed by atoms with Gasteiger partial charge < -0.3 is 10.2 Å². The van der Waals surface area contributed by atoms with E-state index in [2.05, 4.69) is 11.8 Å². The summed E-state index contributed by atoms with van der Waals surface area (Å²) in [6, 6.07) is 7.93. The summed E-state index contributed by atoms with van der Waals surface area (Å²) in [4.78, 5) is 13.0. The van der Waals surface area contributed by atoms with Crippen LogP contribution in [0.3, 0.4) is 0 Å². The fraction of sp³-hybridized carbons (Fsp3) is 0.533. The van der Waals surface area contributed by atoms with Crippen molar-refractivity contribution in [1.82, 2.24) is 4.90 Å². The Hall–Kier alpha value is -1.55. The van der Waals surface area contributed by atoms with Gasteiger partial charge in [0.1, 0.15) is 5.75 Å². The largest absolute Gasteiger partial charge is 0.508 e. The lowest BCUT2D eigenvalue weighted by Gasteiger charge is -2.31. The quantitative estimate of drug-likeness (QED) is 0.794. The first-order valence-corrected chi connectivity index (χ1v) is 6.89. The minimum Gasteiger partial charge on any atom is -0.508 e. The number of aliphatic carboxylic acids is 1. The van der Waals surface area contributed by atoms with E-state index in [1.54, 1.807) is 6.07 Å². The summed E-state index contributed by atoms with van der Waals surface area (Å²) in [5.74, 6) is -0.465. The van der Waals surface area contributed by atoms with Crippen LogP contribution >= 0.6 is 0 Å².